The van der Waals surface area contributed by atoms with Crippen LogP contribution in [0.2, 0.25) is 5.15 Å². The average molecular weight is 536 g/mol. The molecule has 3 amide bonds. The Morgan fingerprint density at radius 1 is 1.05 bits per heavy atom. The van der Waals surface area contributed by atoms with E-state index in [0.717, 1.165) is 38.8 Å². The molecule has 0 aromatic carbocycles. The number of nitrogens with one attached hydrogen (secondary N) is 1. The fourth-order valence-electron chi connectivity index (χ4n) is 5.28. The molecular formula is C26H38ClN5O5. The summed E-state index contributed by atoms with van der Waals surface area (Å²) in [7, 11) is 0. The van der Waals surface area contributed by atoms with E-state index in [4.69, 9.17) is 21.1 Å². The van der Waals surface area contributed by atoms with Gasteiger partial charge in [-0.15, -0.1) is 0 Å². The number of rotatable bonds is 4. The van der Waals surface area contributed by atoms with E-state index in [1.54, 1.807) is 4.90 Å². The Morgan fingerprint density at radius 3 is 2.43 bits per heavy atom. The number of morpholine rings is 1. The molecule has 3 aliphatic heterocycles. The summed E-state index contributed by atoms with van der Waals surface area (Å²) in [6.07, 6.45) is 4.23. The molecular weight excluding hydrogens is 498 g/mol. The smallest absolute Gasteiger partial charge is 0.408 e. The van der Waals surface area contributed by atoms with E-state index in [0.29, 0.717) is 45.4 Å². The van der Waals surface area contributed by atoms with E-state index in [-0.39, 0.29) is 34.2 Å². The van der Waals surface area contributed by atoms with E-state index in [1.165, 1.54) is 12.3 Å². The third-order valence-corrected chi connectivity index (χ3v) is 7.34. The number of halogens is 1. The van der Waals surface area contributed by atoms with Crippen LogP contribution in [0.5, 0.6) is 5.75 Å². The average Bonchev–Trinajstić information content (AvgIpc) is 2.88. The van der Waals surface area contributed by atoms with Crippen LogP contribution in [0.1, 0.15) is 56.8 Å². The van der Waals surface area contributed by atoms with Crippen LogP contribution in [0.4, 0.5) is 4.79 Å². The molecule has 0 aliphatic carbocycles. The molecule has 1 aromatic rings. The van der Waals surface area contributed by atoms with E-state index in [9.17, 15) is 14.4 Å². The number of ether oxygens (including phenoxy) is 2. The number of hydrogen-bond acceptors (Lipinski definition) is 7. The molecule has 0 radical (unpaired) electrons. The molecule has 0 saturated carbocycles. The van der Waals surface area contributed by atoms with Gasteiger partial charge in [0.05, 0.1) is 30.9 Å². The summed E-state index contributed by atoms with van der Waals surface area (Å²) in [5.41, 5.74) is -0.264. The minimum absolute atomic E-state index is 0.0319. The van der Waals surface area contributed by atoms with Crippen molar-refractivity contribution in [2.24, 2.45) is 5.92 Å². The number of pyridine rings is 1. The van der Waals surface area contributed by atoms with Crippen LogP contribution in [0, 0.1) is 5.92 Å². The van der Waals surface area contributed by atoms with Gasteiger partial charge in [0.2, 0.25) is 5.91 Å². The van der Waals surface area contributed by atoms with Crippen molar-refractivity contribution in [1.29, 1.82) is 0 Å². The second-order valence-corrected chi connectivity index (χ2v) is 11.5. The zero-order valence-corrected chi connectivity index (χ0v) is 22.8. The van der Waals surface area contributed by atoms with E-state index in [1.807, 2.05) is 25.7 Å². The largest absolute Gasteiger partial charge is 0.413 e. The zero-order valence-electron chi connectivity index (χ0n) is 22.0. The molecule has 4 heterocycles. The molecule has 10 nitrogen and oxygen atoms in total. The number of carbonyl (C=O) groups is 3. The predicted molar refractivity (Wildman–Crippen MR) is 139 cm³/mol. The first-order valence-corrected chi connectivity index (χ1v) is 13.5. The van der Waals surface area contributed by atoms with Gasteiger partial charge in [-0.05, 0) is 59.1 Å². The number of nitrogens with zero attached hydrogens (tertiary/aromatic N) is 4. The molecule has 0 spiro atoms. The standard InChI is InChI=1S/C26H38ClN5O5/c1-26(2,3)29-25(35)37-21-16-28-22(27)15-20(21)24(34)30-9-6-19(7-10-30)32-8-4-5-18(17-32)23(33)31-11-13-36-14-12-31/h15-16,18-19H,4-14,17H2,1-3H3,(H,29,35). The van der Waals surface area contributed by atoms with Gasteiger partial charge in [0.15, 0.2) is 5.75 Å². The maximum atomic E-state index is 13.4. The van der Waals surface area contributed by atoms with Crippen LogP contribution in [-0.2, 0) is 9.53 Å². The van der Waals surface area contributed by atoms with Crippen molar-refractivity contribution in [1.82, 2.24) is 25.0 Å². The molecule has 1 aromatic heterocycles. The van der Waals surface area contributed by atoms with E-state index >= 15 is 0 Å². The van der Waals surface area contributed by atoms with Gasteiger partial charge in [-0.3, -0.25) is 14.5 Å². The zero-order chi connectivity index (χ0) is 26.6. The number of amides is 3. The van der Waals surface area contributed by atoms with Gasteiger partial charge in [0.1, 0.15) is 5.15 Å². The maximum absolute atomic E-state index is 13.4. The summed E-state index contributed by atoms with van der Waals surface area (Å²) in [6, 6.07) is 1.78. The Labute approximate surface area is 223 Å². The van der Waals surface area contributed by atoms with Gasteiger partial charge < -0.3 is 24.6 Å². The highest BCUT2D eigenvalue weighted by molar-refractivity contribution is 6.29. The highest BCUT2D eigenvalue weighted by Crippen LogP contribution is 2.28. The lowest BCUT2D eigenvalue weighted by molar-refractivity contribution is -0.141. The topological polar surface area (TPSA) is 104 Å². The van der Waals surface area contributed by atoms with Crippen LogP contribution in [-0.4, -0.2) is 102 Å². The molecule has 4 rings (SSSR count). The Hall–Kier alpha value is -2.43. The highest BCUT2D eigenvalue weighted by Gasteiger charge is 2.35. The lowest BCUT2D eigenvalue weighted by Gasteiger charge is -2.43. The first-order valence-electron chi connectivity index (χ1n) is 13.2. The molecule has 1 N–H and O–H groups in total. The van der Waals surface area contributed by atoms with Crippen molar-refractivity contribution < 1.29 is 23.9 Å². The normalized spacial score (nSPS) is 22.0. The van der Waals surface area contributed by atoms with Gasteiger partial charge in [-0.1, -0.05) is 11.6 Å². The molecule has 204 valence electrons. The third-order valence-electron chi connectivity index (χ3n) is 7.14. The molecule has 0 bridgehead atoms. The molecule has 11 heteroatoms. The lowest BCUT2D eigenvalue weighted by Crippen LogP contribution is -2.53. The van der Waals surface area contributed by atoms with Crippen molar-refractivity contribution in [2.45, 2.75) is 58.0 Å². The first kappa shape index (κ1) is 27.6. The molecule has 3 saturated heterocycles. The van der Waals surface area contributed by atoms with Crippen molar-refractivity contribution in [3.8, 4) is 5.75 Å². The molecule has 37 heavy (non-hydrogen) atoms. The van der Waals surface area contributed by atoms with Gasteiger partial charge in [0.25, 0.3) is 5.91 Å². The van der Waals surface area contributed by atoms with Crippen LogP contribution >= 0.6 is 11.6 Å². The molecule has 1 atom stereocenters. The number of aromatic nitrogens is 1. The van der Waals surface area contributed by atoms with Crippen LogP contribution in [0.15, 0.2) is 12.3 Å². The van der Waals surface area contributed by atoms with Crippen molar-refractivity contribution in [3.63, 3.8) is 0 Å². The second-order valence-electron chi connectivity index (χ2n) is 11.1. The summed E-state index contributed by atoms with van der Waals surface area (Å²) < 4.78 is 10.8. The monoisotopic (exact) mass is 535 g/mol. The van der Waals surface area contributed by atoms with Crippen molar-refractivity contribution >= 4 is 29.5 Å². The third kappa shape index (κ3) is 7.33. The minimum Gasteiger partial charge on any atom is -0.408 e. The van der Waals surface area contributed by atoms with Crippen LogP contribution < -0.4 is 10.1 Å². The number of carbonyl (C=O) groups excluding carboxylic acids is 3. The first-order chi connectivity index (χ1) is 17.6. The minimum atomic E-state index is -0.657. The number of hydrogen-bond donors (Lipinski definition) is 1. The molecule has 1 unspecified atom stereocenters. The summed E-state index contributed by atoms with van der Waals surface area (Å²) in [6.45, 7) is 11.0. The van der Waals surface area contributed by atoms with Gasteiger partial charge in [-0.2, -0.15) is 0 Å². The van der Waals surface area contributed by atoms with Crippen LogP contribution in [0.25, 0.3) is 0 Å². The van der Waals surface area contributed by atoms with Gasteiger partial charge in [0, 0.05) is 44.3 Å². The van der Waals surface area contributed by atoms with Gasteiger partial charge in [-0.25, -0.2) is 9.78 Å². The molecule has 3 aliphatic rings. The fraction of sp³-hybridized carbons (Fsp3) is 0.692. The fourth-order valence-corrected chi connectivity index (χ4v) is 5.44. The van der Waals surface area contributed by atoms with Gasteiger partial charge >= 0.3 is 6.09 Å². The second kappa shape index (κ2) is 12.0. The highest BCUT2D eigenvalue weighted by atomic mass is 35.5. The lowest BCUT2D eigenvalue weighted by atomic mass is 9.92. The number of likely N-dealkylation sites (tertiary alicyclic amines) is 2. The Balaban J connectivity index is 1.34. The Bertz CT molecular complexity index is 986. The summed E-state index contributed by atoms with van der Waals surface area (Å²) in [5, 5.41) is 2.88. The number of piperidine rings is 2. The van der Waals surface area contributed by atoms with Crippen molar-refractivity contribution in [2.75, 3.05) is 52.5 Å². The summed E-state index contributed by atoms with van der Waals surface area (Å²) in [5.74, 6) is 0.127. The van der Waals surface area contributed by atoms with E-state index < -0.39 is 11.6 Å². The summed E-state index contributed by atoms with van der Waals surface area (Å²) >= 11 is 6.08. The Morgan fingerprint density at radius 2 is 1.76 bits per heavy atom. The maximum Gasteiger partial charge on any atom is 0.413 e. The SMILES string of the molecule is CC(C)(C)NC(=O)Oc1cnc(Cl)cc1C(=O)N1CCC(N2CCCC(C(=O)N3CCOCC3)C2)CC1. The summed E-state index contributed by atoms with van der Waals surface area (Å²) in [4.78, 5) is 48.9. The predicted octanol–water partition coefficient (Wildman–Crippen LogP) is 2.80. The molecule has 3 fully saturated rings. The van der Waals surface area contributed by atoms with E-state index in [2.05, 4.69) is 15.2 Å². The Kier molecular flexibility index (Phi) is 8.92. The van der Waals surface area contributed by atoms with Crippen molar-refractivity contribution in [3.05, 3.63) is 23.0 Å². The quantitative estimate of drug-likeness (QED) is 0.591. The van der Waals surface area contributed by atoms with Crippen LogP contribution in [0.3, 0.4) is 0 Å².